The second-order valence-corrected chi connectivity index (χ2v) is 11.3. The van der Waals surface area contributed by atoms with Crippen molar-refractivity contribution in [1.82, 2.24) is 14.9 Å². The lowest BCUT2D eigenvalue weighted by molar-refractivity contribution is 0.102. The topological polar surface area (TPSA) is 101 Å². The van der Waals surface area contributed by atoms with Crippen LogP contribution in [-0.2, 0) is 15.4 Å². The fourth-order valence-corrected chi connectivity index (χ4v) is 5.09. The number of carbonyl (C=O) groups excluding carboxylic acids is 1. The van der Waals surface area contributed by atoms with E-state index in [1.807, 2.05) is 37.3 Å². The number of benzene rings is 2. The molecule has 0 saturated heterocycles. The molecule has 0 aliphatic rings. The Morgan fingerprint density at radius 1 is 1.06 bits per heavy atom. The molecule has 164 valence electrons. The number of carbonyl (C=O) groups is 1. The van der Waals surface area contributed by atoms with Gasteiger partial charge >= 0.3 is 0 Å². The van der Waals surface area contributed by atoms with Gasteiger partial charge in [-0.2, -0.15) is 0 Å². The highest BCUT2D eigenvalue weighted by Gasteiger charge is 2.24. The minimum atomic E-state index is -3.89. The van der Waals surface area contributed by atoms with Crippen LogP contribution in [-0.4, -0.2) is 24.5 Å². The SMILES string of the molecule is Cc1cccc(C(=O)Nc2nnc(S(=O)(=O)N[C@@H](C)c3ccc(C(C)(C)C)cc3)s2)c1. The summed E-state index contributed by atoms with van der Waals surface area (Å²) >= 11 is 0.805. The first-order valence-electron chi connectivity index (χ1n) is 9.80. The lowest BCUT2D eigenvalue weighted by Gasteiger charge is -2.20. The van der Waals surface area contributed by atoms with E-state index in [9.17, 15) is 13.2 Å². The van der Waals surface area contributed by atoms with Gasteiger partial charge in [-0.3, -0.25) is 10.1 Å². The number of amides is 1. The van der Waals surface area contributed by atoms with E-state index in [1.165, 1.54) is 5.56 Å². The van der Waals surface area contributed by atoms with Gasteiger partial charge in [0.05, 0.1) is 0 Å². The highest BCUT2D eigenvalue weighted by atomic mass is 32.2. The van der Waals surface area contributed by atoms with E-state index in [-0.39, 0.29) is 20.8 Å². The summed E-state index contributed by atoms with van der Waals surface area (Å²) in [6, 6.07) is 14.5. The van der Waals surface area contributed by atoms with Gasteiger partial charge in [0.15, 0.2) is 0 Å². The summed E-state index contributed by atoms with van der Waals surface area (Å²) in [5, 5.41) is 10.3. The molecule has 0 aliphatic carbocycles. The molecule has 1 heterocycles. The maximum Gasteiger partial charge on any atom is 0.270 e. The van der Waals surface area contributed by atoms with Crippen molar-refractivity contribution in [3.05, 3.63) is 70.8 Å². The molecular weight excluding hydrogens is 432 g/mol. The number of rotatable bonds is 6. The molecule has 3 rings (SSSR count). The van der Waals surface area contributed by atoms with Crippen LogP contribution in [0.1, 0.15) is 60.8 Å². The van der Waals surface area contributed by atoms with Gasteiger partial charge in [-0.1, -0.05) is 74.1 Å². The van der Waals surface area contributed by atoms with E-state index >= 15 is 0 Å². The van der Waals surface area contributed by atoms with Crippen LogP contribution in [0.3, 0.4) is 0 Å². The average molecular weight is 459 g/mol. The van der Waals surface area contributed by atoms with E-state index in [1.54, 1.807) is 25.1 Å². The van der Waals surface area contributed by atoms with Crippen molar-refractivity contribution < 1.29 is 13.2 Å². The smallest absolute Gasteiger partial charge is 0.270 e. The number of hydrogen-bond donors (Lipinski definition) is 2. The molecule has 31 heavy (non-hydrogen) atoms. The number of aryl methyl sites for hydroxylation is 1. The molecule has 2 N–H and O–H groups in total. The fourth-order valence-electron chi connectivity index (χ4n) is 2.95. The first-order valence-corrected chi connectivity index (χ1v) is 12.1. The maximum absolute atomic E-state index is 12.7. The van der Waals surface area contributed by atoms with Gasteiger partial charge in [0.25, 0.3) is 15.9 Å². The molecule has 1 amide bonds. The molecule has 1 aromatic heterocycles. The van der Waals surface area contributed by atoms with Crippen molar-refractivity contribution in [3.8, 4) is 0 Å². The molecule has 0 radical (unpaired) electrons. The van der Waals surface area contributed by atoms with Crippen LogP contribution in [0.25, 0.3) is 0 Å². The highest BCUT2D eigenvalue weighted by molar-refractivity contribution is 7.91. The summed E-state index contributed by atoms with van der Waals surface area (Å²) in [5.74, 6) is -0.371. The molecular formula is C22H26N4O3S2. The van der Waals surface area contributed by atoms with Crippen molar-refractivity contribution >= 4 is 32.4 Å². The van der Waals surface area contributed by atoms with Gasteiger partial charge in [0.2, 0.25) is 9.47 Å². The Morgan fingerprint density at radius 3 is 2.35 bits per heavy atom. The third-order valence-electron chi connectivity index (χ3n) is 4.75. The molecule has 0 fully saturated rings. The first kappa shape index (κ1) is 23.1. The van der Waals surface area contributed by atoms with Crippen LogP contribution in [0, 0.1) is 6.92 Å². The van der Waals surface area contributed by atoms with Gasteiger partial charge in [-0.05, 0) is 42.5 Å². The molecule has 0 spiro atoms. The predicted octanol–water partition coefficient (Wildman–Crippen LogP) is 4.44. The van der Waals surface area contributed by atoms with E-state index < -0.39 is 16.1 Å². The largest absolute Gasteiger partial charge is 0.296 e. The van der Waals surface area contributed by atoms with Crippen LogP contribution >= 0.6 is 11.3 Å². The maximum atomic E-state index is 12.7. The lowest BCUT2D eigenvalue weighted by Crippen LogP contribution is -2.27. The zero-order valence-corrected chi connectivity index (χ0v) is 19.8. The summed E-state index contributed by atoms with van der Waals surface area (Å²) in [6.07, 6.45) is 0. The minimum Gasteiger partial charge on any atom is -0.296 e. The molecule has 1 atom stereocenters. The van der Waals surface area contributed by atoms with Crippen molar-refractivity contribution in [3.63, 3.8) is 0 Å². The summed E-state index contributed by atoms with van der Waals surface area (Å²) in [6.45, 7) is 10.0. The first-order chi connectivity index (χ1) is 14.5. The van der Waals surface area contributed by atoms with Crippen LogP contribution in [0.5, 0.6) is 0 Å². The van der Waals surface area contributed by atoms with Gasteiger partial charge in [0, 0.05) is 11.6 Å². The van der Waals surface area contributed by atoms with Crippen LogP contribution in [0.15, 0.2) is 52.9 Å². The van der Waals surface area contributed by atoms with Gasteiger partial charge in [0.1, 0.15) is 0 Å². The van der Waals surface area contributed by atoms with Crippen molar-refractivity contribution in [2.24, 2.45) is 0 Å². The molecule has 7 nitrogen and oxygen atoms in total. The van der Waals surface area contributed by atoms with Crippen molar-refractivity contribution in [2.45, 2.75) is 50.4 Å². The van der Waals surface area contributed by atoms with E-state index in [0.29, 0.717) is 5.56 Å². The molecule has 2 aromatic carbocycles. The Kier molecular flexibility index (Phi) is 6.59. The zero-order valence-electron chi connectivity index (χ0n) is 18.1. The Labute approximate surface area is 187 Å². The fraction of sp³-hybridized carbons (Fsp3) is 0.318. The quantitative estimate of drug-likeness (QED) is 0.532. The number of hydrogen-bond acceptors (Lipinski definition) is 6. The molecule has 9 heteroatoms. The third-order valence-corrected chi connectivity index (χ3v) is 7.49. The lowest BCUT2D eigenvalue weighted by atomic mass is 9.86. The Bertz CT molecular complexity index is 1180. The van der Waals surface area contributed by atoms with E-state index in [2.05, 4.69) is 41.0 Å². The third kappa shape index (κ3) is 5.75. The molecule has 0 bridgehead atoms. The normalized spacial score (nSPS) is 13.1. The second-order valence-electron chi connectivity index (χ2n) is 8.41. The molecule has 0 saturated carbocycles. The molecule has 0 aliphatic heterocycles. The predicted molar refractivity (Wildman–Crippen MR) is 123 cm³/mol. The zero-order chi connectivity index (χ0) is 22.8. The van der Waals surface area contributed by atoms with E-state index in [0.717, 1.165) is 22.5 Å². The summed E-state index contributed by atoms with van der Waals surface area (Å²) in [4.78, 5) is 12.3. The standard InChI is InChI=1S/C22H26N4O3S2/c1-14-7-6-8-17(13-14)19(27)23-20-24-25-21(30-20)31(28,29)26-15(2)16-9-11-18(12-10-16)22(3,4)5/h6-13,15,26H,1-5H3,(H,23,24,27)/t15-/m0/s1. The monoisotopic (exact) mass is 458 g/mol. The minimum absolute atomic E-state index is 0.0209. The van der Waals surface area contributed by atoms with Gasteiger partial charge in [-0.15, -0.1) is 10.2 Å². The van der Waals surface area contributed by atoms with Gasteiger partial charge in [-0.25, -0.2) is 13.1 Å². The summed E-state index contributed by atoms with van der Waals surface area (Å²) in [7, 11) is -3.89. The van der Waals surface area contributed by atoms with Crippen molar-refractivity contribution in [2.75, 3.05) is 5.32 Å². The number of aromatic nitrogens is 2. The Hall–Kier alpha value is -2.62. The number of anilines is 1. The Morgan fingerprint density at radius 2 is 1.74 bits per heavy atom. The Balaban J connectivity index is 1.70. The average Bonchev–Trinajstić information content (AvgIpc) is 3.16. The number of sulfonamides is 1. The second kappa shape index (κ2) is 8.86. The van der Waals surface area contributed by atoms with Crippen LogP contribution < -0.4 is 10.0 Å². The summed E-state index contributed by atoms with van der Waals surface area (Å²) < 4.78 is 27.9. The van der Waals surface area contributed by atoms with Gasteiger partial charge < -0.3 is 0 Å². The molecule has 0 unspecified atom stereocenters. The summed E-state index contributed by atoms with van der Waals surface area (Å²) in [5.41, 5.74) is 3.44. The number of nitrogens with zero attached hydrogens (tertiary/aromatic N) is 2. The molecule has 3 aromatic rings. The highest BCUT2D eigenvalue weighted by Crippen LogP contribution is 2.26. The number of nitrogens with one attached hydrogen (secondary N) is 2. The van der Waals surface area contributed by atoms with E-state index in [4.69, 9.17) is 0 Å². The van der Waals surface area contributed by atoms with Crippen LogP contribution in [0.4, 0.5) is 5.13 Å². The van der Waals surface area contributed by atoms with Crippen molar-refractivity contribution in [1.29, 1.82) is 0 Å². The van der Waals surface area contributed by atoms with Crippen LogP contribution in [0.2, 0.25) is 0 Å².